The van der Waals surface area contributed by atoms with Crippen molar-refractivity contribution >= 4 is 29.1 Å². The van der Waals surface area contributed by atoms with Gasteiger partial charge in [0.25, 0.3) is 5.91 Å². The maximum absolute atomic E-state index is 14.4. The molecular formula is C40H53ClN4O5. The van der Waals surface area contributed by atoms with Gasteiger partial charge in [0.05, 0.1) is 20.1 Å². The standard InChI is InChI=1S/C40H53ClN4O5/c1-40(2,3)28-45-33-18-17-30(41)26-32(33)37(50-35(39(45)47)27-36(46)44-23-19-42-20-24-44)31-15-9-16-34(38(31)48-5)49-25-11-22-43(4)21-10-14-29-12-7-6-8-13-29/h6-9,12-13,15-18,26,35,37,42H,10-11,14,19-25,27-28H2,1-5H3/t35-,37-/m1/s1. The summed E-state index contributed by atoms with van der Waals surface area (Å²) in [4.78, 5) is 33.8. The number of methoxy groups -OCH3 is 1. The van der Waals surface area contributed by atoms with E-state index in [1.54, 1.807) is 23.0 Å². The van der Waals surface area contributed by atoms with Crippen molar-refractivity contribution in [3.8, 4) is 11.5 Å². The van der Waals surface area contributed by atoms with Crippen LogP contribution in [-0.2, 0) is 20.7 Å². The van der Waals surface area contributed by atoms with Gasteiger partial charge in [-0.1, -0.05) is 74.8 Å². The van der Waals surface area contributed by atoms with Gasteiger partial charge < -0.3 is 34.2 Å². The molecule has 1 saturated heterocycles. The van der Waals surface area contributed by atoms with E-state index in [-0.39, 0.29) is 23.7 Å². The molecule has 2 aliphatic rings. The molecule has 3 aromatic carbocycles. The number of carbonyl (C=O) groups excluding carboxylic acids is 2. The third-order valence-electron chi connectivity index (χ3n) is 9.15. The van der Waals surface area contributed by atoms with E-state index < -0.39 is 12.2 Å². The van der Waals surface area contributed by atoms with Crippen LogP contribution in [0.15, 0.2) is 66.7 Å². The molecule has 0 radical (unpaired) electrons. The smallest absolute Gasteiger partial charge is 0.256 e. The molecule has 3 aromatic rings. The lowest BCUT2D eigenvalue weighted by Gasteiger charge is -2.32. The zero-order chi connectivity index (χ0) is 35.7. The second-order valence-electron chi connectivity index (χ2n) is 14.5. The molecular weight excluding hydrogens is 652 g/mol. The van der Waals surface area contributed by atoms with Gasteiger partial charge >= 0.3 is 0 Å². The first kappa shape index (κ1) is 37.6. The van der Waals surface area contributed by atoms with Crippen LogP contribution in [0.2, 0.25) is 5.02 Å². The van der Waals surface area contributed by atoms with Crippen molar-refractivity contribution in [1.29, 1.82) is 0 Å². The predicted octanol–water partition coefficient (Wildman–Crippen LogP) is 6.37. The van der Waals surface area contributed by atoms with Gasteiger partial charge in [-0.15, -0.1) is 0 Å². The van der Waals surface area contributed by atoms with Crippen LogP contribution in [0, 0.1) is 5.41 Å². The fourth-order valence-electron chi connectivity index (χ4n) is 6.68. The number of benzene rings is 3. The number of hydrogen-bond donors (Lipinski definition) is 1. The molecule has 0 unspecified atom stereocenters. The molecule has 1 N–H and O–H groups in total. The number of aryl methyl sites for hydroxylation is 1. The normalized spacial score (nSPS) is 18.2. The maximum Gasteiger partial charge on any atom is 0.256 e. The fraction of sp³-hybridized carbons (Fsp3) is 0.500. The lowest BCUT2D eigenvalue weighted by molar-refractivity contribution is -0.143. The van der Waals surface area contributed by atoms with Crippen LogP contribution in [0.3, 0.4) is 0 Å². The predicted molar refractivity (Wildman–Crippen MR) is 199 cm³/mol. The Kier molecular flexibility index (Phi) is 13.2. The Labute approximate surface area is 302 Å². The van der Waals surface area contributed by atoms with Crippen molar-refractivity contribution in [3.05, 3.63) is 88.4 Å². The minimum Gasteiger partial charge on any atom is -0.492 e. The summed E-state index contributed by atoms with van der Waals surface area (Å²) in [6.45, 7) is 11.8. The molecule has 1 fully saturated rings. The third-order valence-corrected chi connectivity index (χ3v) is 9.39. The molecule has 50 heavy (non-hydrogen) atoms. The second kappa shape index (κ2) is 17.5. The van der Waals surface area contributed by atoms with E-state index in [0.717, 1.165) is 51.0 Å². The molecule has 0 bridgehead atoms. The SMILES string of the molecule is COc1c(OCCCN(C)CCCc2ccccc2)cccc1[C@H]1O[C@H](CC(=O)N2CCNCC2)C(=O)N(CC(C)(C)C)c2ccc(Cl)cc21. The first-order valence-corrected chi connectivity index (χ1v) is 18.2. The Hall–Kier alpha value is -3.63. The minimum atomic E-state index is -1.01. The first-order chi connectivity index (χ1) is 24.0. The van der Waals surface area contributed by atoms with Gasteiger partial charge in [-0.05, 0) is 68.1 Å². The van der Waals surface area contributed by atoms with Crippen LogP contribution in [0.25, 0.3) is 0 Å². The molecule has 2 aliphatic heterocycles. The molecule has 0 spiro atoms. The van der Waals surface area contributed by atoms with Crippen LogP contribution in [-0.4, -0.2) is 94.3 Å². The molecule has 5 rings (SSSR count). The topological polar surface area (TPSA) is 83.6 Å². The Morgan fingerprint density at radius 2 is 1.74 bits per heavy atom. The van der Waals surface area contributed by atoms with Crippen molar-refractivity contribution in [2.24, 2.45) is 5.41 Å². The number of anilines is 1. The molecule has 270 valence electrons. The Balaban J connectivity index is 1.36. The minimum absolute atomic E-state index is 0.0604. The van der Waals surface area contributed by atoms with Crippen LogP contribution < -0.4 is 19.7 Å². The number of nitrogens with zero attached hydrogens (tertiary/aromatic N) is 3. The summed E-state index contributed by atoms with van der Waals surface area (Å²) in [7, 11) is 3.76. The maximum atomic E-state index is 14.4. The molecule has 2 atom stereocenters. The number of halogens is 1. The van der Waals surface area contributed by atoms with Crippen LogP contribution in [0.1, 0.15) is 62.8 Å². The number of rotatable bonds is 14. The van der Waals surface area contributed by atoms with Crippen molar-refractivity contribution in [2.45, 2.75) is 58.7 Å². The number of piperazine rings is 1. The Morgan fingerprint density at radius 1 is 1.00 bits per heavy atom. The summed E-state index contributed by atoms with van der Waals surface area (Å²) in [5.41, 5.74) is 3.29. The highest BCUT2D eigenvalue weighted by atomic mass is 35.5. The van der Waals surface area contributed by atoms with E-state index >= 15 is 0 Å². The van der Waals surface area contributed by atoms with Crippen LogP contribution >= 0.6 is 11.6 Å². The number of carbonyl (C=O) groups is 2. The summed E-state index contributed by atoms with van der Waals surface area (Å²) in [5.74, 6) is 0.786. The van der Waals surface area contributed by atoms with Crippen molar-refractivity contribution in [2.75, 3.05) is 71.5 Å². The van der Waals surface area contributed by atoms with Gasteiger partial charge in [-0.25, -0.2) is 0 Å². The summed E-state index contributed by atoms with van der Waals surface area (Å²) in [5, 5.41) is 3.81. The number of ether oxygens (including phenoxy) is 3. The van der Waals surface area contributed by atoms with Gasteiger partial charge in [0, 0.05) is 61.1 Å². The van der Waals surface area contributed by atoms with Crippen molar-refractivity contribution < 1.29 is 23.8 Å². The lowest BCUT2D eigenvalue weighted by atomic mass is 9.94. The highest BCUT2D eigenvalue weighted by Crippen LogP contribution is 2.45. The molecule has 2 heterocycles. The Morgan fingerprint density at radius 3 is 2.46 bits per heavy atom. The van der Waals surface area contributed by atoms with Crippen LogP contribution in [0.4, 0.5) is 5.69 Å². The van der Waals surface area contributed by atoms with E-state index in [4.69, 9.17) is 25.8 Å². The quantitative estimate of drug-likeness (QED) is 0.195. The molecule has 9 nitrogen and oxygen atoms in total. The highest BCUT2D eigenvalue weighted by Gasteiger charge is 2.40. The van der Waals surface area contributed by atoms with Gasteiger partial charge in [0.2, 0.25) is 5.91 Å². The third kappa shape index (κ3) is 10.00. The monoisotopic (exact) mass is 704 g/mol. The van der Waals surface area contributed by atoms with E-state index in [1.807, 2.05) is 30.3 Å². The number of nitrogens with one attached hydrogen (secondary N) is 1. The van der Waals surface area contributed by atoms with E-state index in [2.05, 4.69) is 68.4 Å². The number of para-hydroxylation sites is 1. The zero-order valence-corrected chi connectivity index (χ0v) is 31.0. The fourth-order valence-corrected chi connectivity index (χ4v) is 6.86. The van der Waals surface area contributed by atoms with E-state index in [0.29, 0.717) is 54.0 Å². The number of hydrogen-bond acceptors (Lipinski definition) is 7. The molecule has 2 amide bonds. The molecule has 0 aliphatic carbocycles. The molecule has 10 heteroatoms. The van der Waals surface area contributed by atoms with Gasteiger partial charge in [0.15, 0.2) is 11.5 Å². The van der Waals surface area contributed by atoms with Crippen molar-refractivity contribution in [3.63, 3.8) is 0 Å². The molecule has 0 saturated carbocycles. The van der Waals surface area contributed by atoms with Gasteiger partial charge in [-0.3, -0.25) is 9.59 Å². The molecule has 0 aromatic heterocycles. The van der Waals surface area contributed by atoms with Gasteiger partial charge in [0.1, 0.15) is 12.2 Å². The van der Waals surface area contributed by atoms with E-state index in [9.17, 15) is 9.59 Å². The summed E-state index contributed by atoms with van der Waals surface area (Å²) in [6.07, 6.45) is 1.19. The number of fused-ring (bicyclic) bond motifs is 1. The average molecular weight is 705 g/mol. The average Bonchev–Trinajstić information content (AvgIpc) is 3.20. The first-order valence-electron chi connectivity index (χ1n) is 17.8. The summed E-state index contributed by atoms with van der Waals surface area (Å²) >= 11 is 6.61. The van der Waals surface area contributed by atoms with Crippen molar-refractivity contribution in [1.82, 2.24) is 15.1 Å². The lowest BCUT2D eigenvalue weighted by Crippen LogP contribution is -2.49. The largest absolute Gasteiger partial charge is 0.492 e. The number of amides is 2. The highest BCUT2D eigenvalue weighted by molar-refractivity contribution is 6.30. The zero-order valence-electron chi connectivity index (χ0n) is 30.3. The van der Waals surface area contributed by atoms with E-state index in [1.165, 1.54) is 5.56 Å². The van der Waals surface area contributed by atoms with Gasteiger partial charge in [-0.2, -0.15) is 0 Å². The summed E-state index contributed by atoms with van der Waals surface area (Å²) < 4.78 is 19.1. The second-order valence-corrected chi connectivity index (χ2v) is 14.9. The Bertz CT molecular complexity index is 1570. The summed E-state index contributed by atoms with van der Waals surface area (Å²) in [6, 6.07) is 21.8. The van der Waals surface area contributed by atoms with Crippen LogP contribution in [0.5, 0.6) is 11.5 Å².